The Kier molecular flexibility index (Phi) is 5.12. The van der Waals surface area contributed by atoms with Crippen molar-refractivity contribution < 1.29 is 23.5 Å². The minimum Gasteiger partial charge on any atom is -0.494 e. The van der Waals surface area contributed by atoms with Gasteiger partial charge in [-0.05, 0) is 54.6 Å². The first kappa shape index (κ1) is 17.4. The zero-order chi connectivity index (χ0) is 18.5. The summed E-state index contributed by atoms with van der Waals surface area (Å²) in [7, 11) is 1.34. The van der Waals surface area contributed by atoms with Crippen molar-refractivity contribution >= 4 is 11.8 Å². The number of ether oxygens (including phenoxy) is 2. The van der Waals surface area contributed by atoms with E-state index in [-0.39, 0.29) is 11.3 Å². The normalized spacial score (nSPS) is 10.4. The zero-order valence-electron chi connectivity index (χ0n) is 14.0. The molecule has 3 rings (SSSR count). The van der Waals surface area contributed by atoms with Gasteiger partial charge in [0.15, 0.2) is 24.0 Å². The lowest BCUT2D eigenvalue weighted by Crippen LogP contribution is -2.14. The summed E-state index contributed by atoms with van der Waals surface area (Å²) in [5.41, 5.74) is 1.34. The second kappa shape index (κ2) is 7.65. The number of aromatic nitrogens is 1. The third-order valence-electron chi connectivity index (χ3n) is 3.81. The molecule has 26 heavy (non-hydrogen) atoms. The standard InChI is InChI=1S/C20H16FNO4/c1-25-19-9-6-15(12-17(19)21)18(23)13-26-20(24)14-4-7-16(8-5-14)22-10-2-3-11-22/h2-12H,13H2,1H3. The second-order valence-corrected chi connectivity index (χ2v) is 5.49. The summed E-state index contributed by atoms with van der Waals surface area (Å²) in [6.07, 6.45) is 3.78. The number of esters is 1. The first-order chi connectivity index (χ1) is 12.6. The van der Waals surface area contributed by atoms with Crippen molar-refractivity contribution in [2.24, 2.45) is 0 Å². The average molecular weight is 353 g/mol. The molecule has 0 aliphatic carbocycles. The zero-order valence-corrected chi connectivity index (χ0v) is 14.0. The molecule has 0 N–H and O–H groups in total. The van der Waals surface area contributed by atoms with E-state index in [1.165, 1.54) is 19.2 Å². The number of methoxy groups -OCH3 is 1. The second-order valence-electron chi connectivity index (χ2n) is 5.49. The highest BCUT2D eigenvalue weighted by Gasteiger charge is 2.14. The van der Waals surface area contributed by atoms with Gasteiger partial charge in [0.05, 0.1) is 12.7 Å². The predicted molar refractivity (Wildman–Crippen MR) is 93.3 cm³/mol. The summed E-state index contributed by atoms with van der Waals surface area (Å²) in [6, 6.07) is 14.4. The van der Waals surface area contributed by atoms with E-state index in [9.17, 15) is 14.0 Å². The molecule has 0 radical (unpaired) electrons. The molecule has 1 aromatic heterocycles. The van der Waals surface area contributed by atoms with Crippen molar-refractivity contribution in [1.29, 1.82) is 0 Å². The Hall–Kier alpha value is -3.41. The first-order valence-electron chi connectivity index (χ1n) is 7.86. The summed E-state index contributed by atoms with van der Waals surface area (Å²) < 4.78 is 25.4. The molecule has 6 heteroatoms. The van der Waals surface area contributed by atoms with E-state index in [1.807, 2.05) is 29.1 Å². The number of nitrogens with zero attached hydrogens (tertiary/aromatic N) is 1. The van der Waals surface area contributed by atoms with E-state index >= 15 is 0 Å². The van der Waals surface area contributed by atoms with Crippen LogP contribution in [-0.2, 0) is 4.74 Å². The molecule has 0 bridgehead atoms. The van der Waals surface area contributed by atoms with Gasteiger partial charge in [-0.25, -0.2) is 9.18 Å². The highest BCUT2D eigenvalue weighted by molar-refractivity contribution is 5.99. The first-order valence-corrected chi connectivity index (χ1v) is 7.86. The smallest absolute Gasteiger partial charge is 0.338 e. The molecule has 0 amide bonds. The Morgan fingerprint density at radius 2 is 1.65 bits per heavy atom. The number of rotatable bonds is 6. The fraction of sp³-hybridized carbons (Fsp3) is 0.100. The Bertz CT molecular complexity index is 917. The number of carbonyl (C=O) groups is 2. The molecule has 0 unspecified atom stereocenters. The van der Waals surface area contributed by atoms with Crippen LogP contribution in [0.25, 0.3) is 5.69 Å². The van der Waals surface area contributed by atoms with Crippen molar-refractivity contribution in [3.8, 4) is 11.4 Å². The van der Waals surface area contributed by atoms with Crippen molar-refractivity contribution in [1.82, 2.24) is 4.57 Å². The number of benzene rings is 2. The molecule has 1 heterocycles. The Balaban J connectivity index is 1.61. The van der Waals surface area contributed by atoms with Crippen molar-refractivity contribution in [3.63, 3.8) is 0 Å². The molecule has 2 aromatic carbocycles. The highest BCUT2D eigenvalue weighted by Crippen LogP contribution is 2.18. The van der Waals surface area contributed by atoms with Gasteiger partial charge in [0.2, 0.25) is 0 Å². The lowest BCUT2D eigenvalue weighted by molar-refractivity contribution is 0.0474. The van der Waals surface area contributed by atoms with Crippen LogP contribution in [0, 0.1) is 5.82 Å². The van der Waals surface area contributed by atoms with Gasteiger partial charge >= 0.3 is 5.97 Å². The minimum atomic E-state index is -0.648. The number of Topliss-reactive ketones (excluding diaryl/α,β-unsaturated/α-hetero) is 1. The molecule has 5 nitrogen and oxygen atoms in total. The molecular weight excluding hydrogens is 337 g/mol. The summed E-state index contributed by atoms with van der Waals surface area (Å²) in [5.74, 6) is -1.72. The van der Waals surface area contributed by atoms with E-state index in [0.717, 1.165) is 11.8 Å². The number of hydrogen-bond acceptors (Lipinski definition) is 4. The number of ketones is 1. The van der Waals surface area contributed by atoms with Crippen molar-refractivity contribution in [2.45, 2.75) is 0 Å². The van der Waals surface area contributed by atoms with E-state index < -0.39 is 24.2 Å². The fourth-order valence-electron chi connectivity index (χ4n) is 2.41. The van der Waals surface area contributed by atoms with Gasteiger partial charge < -0.3 is 14.0 Å². The molecule has 0 aliphatic heterocycles. The molecular formula is C20H16FNO4. The van der Waals surface area contributed by atoms with Crippen LogP contribution in [-0.4, -0.2) is 30.0 Å². The van der Waals surface area contributed by atoms with E-state index in [0.29, 0.717) is 5.56 Å². The lowest BCUT2D eigenvalue weighted by Gasteiger charge is -2.07. The maximum atomic E-state index is 13.6. The van der Waals surface area contributed by atoms with E-state index in [2.05, 4.69) is 0 Å². The summed E-state index contributed by atoms with van der Waals surface area (Å²) >= 11 is 0. The fourth-order valence-corrected chi connectivity index (χ4v) is 2.41. The van der Waals surface area contributed by atoms with Crippen LogP contribution in [0.1, 0.15) is 20.7 Å². The average Bonchev–Trinajstić information content (AvgIpc) is 3.20. The summed E-state index contributed by atoms with van der Waals surface area (Å²) in [5, 5.41) is 0. The van der Waals surface area contributed by atoms with Gasteiger partial charge in [0.1, 0.15) is 0 Å². The van der Waals surface area contributed by atoms with E-state index in [4.69, 9.17) is 9.47 Å². The molecule has 0 saturated carbocycles. The molecule has 0 aliphatic rings. The highest BCUT2D eigenvalue weighted by atomic mass is 19.1. The maximum Gasteiger partial charge on any atom is 0.338 e. The minimum absolute atomic E-state index is 0.0429. The number of hydrogen-bond donors (Lipinski definition) is 0. The molecule has 3 aromatic rings. The number of carbonyl (C=O) groups excluding carboxylic acids is 2. The van der Waals surface area contributed by atoms with Crippen LogP contribution >= 0.6 is 0 Å². The third kappa shape index (κ3) is 3.80. The molecule has 132 valence electrons. The van der Waals surface area contributed by atoms with Gasteiger partial charge in [0, 0.05) is 23.6 Å². The lowest BCUT2D eigenvalue weighted by atomic mass is 10.1. The molecule has 0 spiro atoms. The van der Waals surface area contributed by atoms with Crippen LogP contribution in [0.5, 0.6) is 5.75 Å². The maximum absolute atomic E-state index is 13.6. The Morgan fingerprint density at radius 3 is 2.27 bits per heavy atom. The van der Waals surface area contributed by atoms with Crippen molar-refractivity contribution in [2.75, 3.05) is 13.7 Å². The van der Waals surface area contributed by atoms with Gasteiger partial charge in [-0.3, -0.25) is 4.79 Å². The molecule has 0 fully saturated rings. The monoisotopic (exact) mass is 353 g/mol. The third-order valence-corrected chi connectivity index (χ3v) is 3.81. The van der Waals surface area contributed by atoms with Gasteiger partial charge in [-0.1, -0.05) is 0 Å². The molecule has 0 atom stereocenters. The van der Waals surface area contributed by atoms with Crippen LogP contribution in [0.4, 0.5) is 4.39 Å². The van der Waals surface area contributed by atoms with Gasteiger partial charge in [0.25, 0.3) is 0 Å². The van der Waals surface area contributed by atoms with Crippen LogP contribution in [0.15, 0.2) is 67.0 Å². The van der Waals surface area contributed by atoms with Crippen LogP contribution in [0.3, 0.4) is 0 Å². The Morgan fingerprint density at radius 1 is 1.00 bits per heavy atom. The molecule has 0 saturated heterocycles. The largest absolute Gasteiger partial charge is 0.494 e. The SMILES string of the molecule is COc1ccc(C(=O)COC(=O)c2ccc(-n3cccc3)cc2)cc1F. The summed E-state index contributed by atoms with van der Waals surface area (Å²) in [6.45, 7) is -0.468. The van der Waals surface area contributed by atoms with Gasteiger partial charge in [-0.2, -0.15) is 0 Å². The van der Waals surface area contributed by atoms with Crippen LogP contribution in [0.2, 0.25) is 0 Å². The summed E-state index contributed by atoms with van der Waals surface area (Å²) in [4.78, 5) is 24.1. The number of halogens is 1. The van der Waals surface area contributed by atoms with Crippen LogP contribution < -0.4 is 4.74 Å². The van der Waals surface area contributed by atoms with Crippen molar-refractivity contribution in [3.05, 3.63) is 83.9 Å². The topological polar surface area (TPSA) is 57.5 Å². The van der Waals surface area contributed by atoms with E-state index in [1.54, 1.807) is 24.3 Å². The Labute approximate surface area is 149 Å². The van der Waals surface area contributed by atoms with Gasteiger partial charge in [-0.15, -0.1) is 0 Å². The quantitative estimate of drug-likeness (QED) is 0.501. The predicted octanol–water partition coefficient (Wildman–Crippen LogP) is 3.66.